The number of carbonyl (C=O) groups excluding carboxylic acids is 1. The molecule has 0 atom stereocenters. The normalized spacial score (nSPS) is 11.0. The van der Waals surface area contributed by atoms with Crippen molar-refractivity contribution in [3.63, 3.8) is 0 Å². The molecule has 0 bridgehead atoms. The lowest BCUT2D eigenvalue weighted by Gasteiger charge is -2.05. The van der Waals surface area contributed by atoms with Crippen molar-refractivity contribution in [3.8, 4) is 11.3 Å². The van der Waals surface area contributed by atoms with Crippen LogP contribution in [-0.2, 0) is 17.8 Å². The van der Waals surface area contributed by atoms with Gasteiger partial charge >= 0.3 is 0 Å². The van der Waals surface area contributed by atoms with E-state index in [9.17, 15) is 9.18 Å². The first-order chi connectivity index (χ1) is 13.1. The Kier molecular flexibility index (Phi) is 4.92. The number of hydrogen-bond acceptors (Lipinski definition) is 3. The predicted molar refractivity (Wildman–Crippen MR) is 105 cm³/mol. The second kappa shape index (κ2) is 7.50. The fraction of sp³-hybridized carbons (Fsp3) is 0.100. The molecule has 0 fully saturated rings. The van der Waals surface area contributed by atoms with E-state index in [1.807, 2.05) is 40.2 Å². The van der Waals surface area contributed by atoms with Crippen molar-refractivity contribution in [1.29, 1.82) is 0 Å². The molecule has 27 heavy (non-hydrogen) atoms. The number of nitrogens with zero attached hydrogens (tertiary/aromatic N) is 2. The maximum atomic E-state index is 12.9. The van der Waals surface area contributed by atoms with Crippen molar-refractivity contribution in [1.82, 2.24) is 14.7 Å². The van der Waals surface area contributed by atoms with Crippen LogP contribution in [-0.4, -0.2) is 15.3 Å². The molecule has 0 aliphatic carbocycles. The van der Waals surface area contributed by atoms with Crippen molar-refractivity contribution in [2.24, 2.45) is 0 Å². The molecule has 2 aromatic heterocycles. The largest absolute Gasteiger partial charge is 0.352 e. The van der Waals surface area contributed by atoms with Gasteiger partial charge in [0.05, 0.1) is 12.1 Å². The summed E-state index contributed by atoms with van der Waals surface area (Å²) in [6.45, 7) is 0.365. The number of halogens is 2. The van der Waals surface area contributed by atoms with Crippen LogP contribution in [0.25, 0.3) is 16.2 Å². The highest BCUT2D eigenvalue weighted by Gasteiger charge is 2.12. The number of rotatable bonds is 5. The summed E-state index contributed by atoms with van der Waals surface area (Å²) >= 11 is 7.54. The van der Waals surface area contributed by atoms with Crippen LogP contribution < -0.4 is 5.32 Å². The van der Waals surface area contributed by atoms with Gasteiger partial charge < -0.3 is 5.32 Å². The molecule has 2 aromatic carbocycles. The van der Waals surface area contributed by atoms with Gasteiger partial charge in [0.1, 0.15) is 5.82 Å². The van der Waals surface area contributed by atoms with Crippen molar-refractivity contribution in [3.05, 3.63) is 82.2 Å². The van der Waals surface area contributed by atoms with Gasteiger partial charge in [-0.2, -0.15) is 0 Å². The maximum Gasteiger partial charge on any atom is 0.226 e. The lowest BCUT2D eigenvalue weighted by Crippen LogP contribution is -2.24. The Morgan fingerprint density at radius 1 is 1.22 bits per heavy atom. The summed E-state index contributed by atoms with van der Waals surface area (Å²) in [5, 5.41) is 5.45. The Morgan fingerprint density at radius 2 is 2.04 bits per heavy atom. The Hall–Kier alpha value is -2.70. The van der Waals surface area contributed by atoms with E-state index in [1.54, 1.807) is 12.1 Å². The van der Waals surface area contributed by atoms with E-state index in [1.165, 1.54) is 23.5 Å². The Labute approximate surface area is 164 Å². The Balaban J connectivity index is 1.47. The van der Waals surface area contributed by atoms with Gasteiger partial charge in [-0.05, 0) is 29.8 Å². The first kappa shape index (κ1) is 17.7. The highest BCUT2D eigenvalue weighted by atomic mass is 35.5. The minimum atomic E-state index is -0.290. The molecule has 4 aromatic rings. The highest BCUT2D eigenvalue weighted by molar-refractivity contribution is 7.15. The SMILES string of the molecule is O=C(Cc1csc2nc(-c3cccc(Cl)c3)cn12)NCc1ccc(F)cc1. The summed E-state index contributed by atoms with van der Waals surface area (Å²) in [6, 6.07) is 13.6. The van der Waals surface area contributed by atoms with Crippen LogP contribution in [0.15, 0.2) is 60.1 Å². The van der Waals surface area contributed by atoms with Gasteiger partial charge in [0.2, 0.25) is 5.91 Å². The van der Waals surface area contributed by atoms with Gasteiger partial charge in [-0.3, -0.25) is 9.20 Å². The second-order valence-corrected chi connectivity index (χ2v) is 7.37. The number of carbonyl (C=O) groups is 1. The van der Waals surface area contributed by atoms with Crippen LogP contribution in [0.5, 0.6) is 0 Å². The minimum Gasteiger partial charge on any atom is -0.352 e. The quantitative estimate of drug-likeness (QED) is 0.528. The molecule has 136 valence electrons. The van der Waals surface area contributed by atoms with Crippen LogP contribution >= 0.6 is 22.9 Å². The van der Waals surface area contributed by atoms with Crippen molar-refractivity contribution in [2.45, 2.75) is 13.0 Å². The molecular weight excluding hydrogens is 385 g/mol. The molecule has 2 heterocycles. The van der Waals surface area contributed by atoms with Gasteiger partial charge in [-0.1, -0.05) is 35.9 Å². The third-order valence-electron chi connectivity index (χ3n) is 4.15. The van der Waals surface area contributed by atoms with Crippen LogP contribution in [0.1, 0.15) is 11.3 Å². The molecule has 0 saturated carbocycles. The highest BCUT2D eigenvalue weighted by Crippen LogP contribution is 2.25. The summed E-state index contributed by atoms with van der Waals surface area (Å²) in [7, 11) is 0. The summed E-state index contributed by atoms with van der Waals surface area (Å²) in [4.78, 5) is 17.7. The van der Waals surface area contributed by atoms with E-state index in [0.717, 1.165) is 27.5 Å². The minimum absolute atomic E-state index is 0.1000. The maximum absolute atomic E-state index is 12.9. The first-order valence-corrected chi connectivity index (χ1v) is 9.57. The monoisotopic (exact) mass is 399 g/mol. The van der Waals surface area contributed by atoms with E-state index in [0.29, 0.717) is 11.6 Å². The smallest absolute Gasteiger partial charge is 0.226 e. The molecule has 4 nitrogen and oxygen atoms in total. The number of imidazole rings is 1. The van der Waals surface area contributed by atoms with Gasteiger partial charge in [0, 0.05) is 34.4 Å². The van der Waals surface area contributed by atoms with Gasteiger partial charge in [-0.15, -0.1) is 11.3 Å². The molecule has 4 rings (SSSR count). The summed E-state index contributed by atoms with van der Waals surface area (Å²) in [6.07, 6.45) is 2.16. The van der Waals surface area contributed by atoms with E-state index in [-0.39, 0.29) is 18.1 Å². The number of aromatic nitrogens is 2. The predicted octanol–water partition coefficient (Wildman–Crippen LogP) is 4.71. The van der Waals surface area contributed by atoms with Crippen LogP contribution in [0.4, 0.5) is 4.39 Å². The second-order valence-electron chi connectivity index (χ2n) is 6.10. The number of benzene rings is 2. The fourth-order valence-corrected chi connectivity index (χ4v) is 3.84. The van der Waals surface area contributed by atoms with E-state index in [4.69, 9.17) is 11.6 Å². The lowest BCUT2D eigenvalue weighted by molar-refractivity contribution is -0.120. The van der Waals surface area contributed by atoms with Crippen molar-refractivity contribution >= 4 is 33.8 Å². The molecule has 0 spiro atoms. The number of amides is 1. The van der Waals surface area contributed by atoms with E-state index < -0.39 is 0 Å². The molecule has 7 heteroatoms. The summed E-state index contributed by atoms with van der Waals surface area (Å²) in [5.74, 6) is -0.390. The fourth-order valence-electron chi connectivity index (χ4n) is 2.77. The Morgan fingerprint density at radius 3 is 2.81 bits per heavy atom. The number of thiazole rings is 1. The number of hydrogen-bond donors (Lipinski definition) is 1. The average molecular weight is 400 g/mol. The van der Waals surface area contributed by atoms with Crippen LogP contribution in [0.3, 0.4) is 0 Å². The van der Waals surface area contributed by atoms with E-state index in [2.05, 4.69) is 10.3 Å². The van der Waals surface area contributed by atoms with E-state index >= 15 is 0 Å². The van der Waals surface area contributed by atoms with Crippen molar-refractivity contribution < 1.29 is 9.18 Å². The van der Waals surface area contributed by atoms with Gasteiger partial charge in [0.25, 0.3) is 0 Å². The molecule has 1 N–H and O–H groups in total. The third-order valence-corrected chi connectivity index (χ3v) is 5.27. The molecular formula is C20H15ClFN3OS. The molecule has 0 aliphatic heterocycles. The van der Waals surface area contributed by atoms with Crippen LogP contribution in [0.2, 0.25) is 5.02 Å². The topological polar surface area (TPSA) is 46.4 Å². The van der Waals surface area contributed by atoms with Crippen molar-refractivity contribution in [2.75, 3.05) is 0 Å². The molecule has 1 amide bonds. The standard InChI is InChI=1S/C20H15ClFN3OS/c21-15-3-1-2-14(8-15)18-11-25-17(12-27-20(25)24-18)9-19(26)23-10-13-4-6-16(22)7-5-13/h1-8,11-12H,9-10H2,(H,23,26). The lowest BCUT2D eigenvalue weighted by atomic mass is 10.2. The van der Waals surface area contributed by atoms with Gasteiger partial charge in [-0.25, -0.2) is 9.37 Å². The number of fused-ring (bicyclic) bond motifs is 1. The average Bonchev–Trinajstić information content (AvgIpc) is 3.23. The van der Waals surface area contributed by atoms with Gasteiger partial charge in [0.15, 0.2) is 4.96 Å². The summed E-state index contributed by atoms with van der Waals surface area (Å²) in [5.41, 5.74) is 3.47. The zero-order valence-corrected chi connectivity index (χ0v) is 15.7. The first-order valence-electron chi connectivity index (χ1n) is 8.31. The molecule has 0 aliphatic rings. The molecule has 0 unspecified atom stereocenters. The molecule has 0 radical (unpaired) electrons. The summed E-state index contributed by atoms with van der Waals surface area (Å²) < 4.78 is 14.9. The van der Waals surface area contributed by atoms with Crippen LogP contribution in [0, 0.1) is 5.82 Å². The molecule has 0 saturated heterocycles. The third kappa shape index (κ3) is 4.02. The zero-order chi connectivity index (χ0) is 18.8. The Bertz CT molecular complexity index is 1100. The zero-order valence-electron chi connectivity index (χ0n) is 14.2. The number of nitrogens with one attached hydrogen (secondary N) is 1.